The Kier molecular flexibility index (Phi) is 4.67. The molecule has 0 saturated heterocycles. The molecule has 2 heterocycles. The Morgan fingerprint density at radius 3 is 2.41 bits per heavy atom. The lowest BCUT2D eigenvalue weighted by Crippen LogP contribution is -2.17. The highest BCUT2D eigenvalue weighted by atomic mass is 32.2. The zero-order valence-electron chi connectivity index (χ0n) is 16.1. The predicted molar refractivity (Wildman–Crippen MR) is 110 cm³/mol. The molecule has 0 saturated carbocycles. The number of aromatic nitrogens is 4. The summed E-state index contributed by atoms with van der Waals surface area (Å²) in [4.78, 5) is 13.0. The fourth-order valence-electron chi connectivity index (χ4n) is 3.06. The molecule has 0 aliphatic rings. The topological polar surface area (TPSA) is 99.0 Å². The molecule has 0 aliphatic heterocycles. The zero-order chi connectivity index (χ0) is 20.6. The summed E-state index contributed by atoms with van der Waals surface area (Å²) in [6.45, 7) is 1.73. The van der Waals surface area contributed by atoms with E-state index in [4.69, 9.17) is 4.74 Å². The number of sulfonamides is 1. The summed E-state index contributed by atoms with van der Waals surface area (Å²) in [5, 5.41) is 0.0434. The van der Waals surface area contributed by atoms with Crippen molar-refractivity contribution >= 4 is 26.9 Å². The molecule has 0 amide bonds. The van der Waals surface area contributed by atoms with Crippen LogP contribution in [0, 0.1) is 6.92 Å². The van der Waals surface area contributed by atoms with E-state index in [1.54, 1.807) is 20.0 Å². The number of hydrogen-bond donors (Lipinski definition) is 1. The van der Waals surface area contributed by atoms with Crippen LogP contribution in [0.1, 0.15) is 5.82 Å². The third-order valence-electron chi connectivity index (χ3n) is 4.66. The van der Waals surface area contributed by atoms with Gasteiger partial charge in [-0.2, -0.15) is 8.42 Å². The van der Waals surface area contributed by atoms with E-state index >= 15 is 0 Å². The molecule has 0 fully saturated rings. The van der Waals surface area contributed by atoms with Crippen LogP contribution in [0.4, 0.5) is 5.82 Å². The second-order valence-corrected chi connectivity index (χ2v) is 8.07. The fourth-order valence-corrected chi connectivity index (χ4v) is 4.22. The third-order valence-corrected chi connectivity index (χ3v) is 6.07. The molecule has 0 radical (unpaired) electrons. The number of ether oxygens (including phenoxy) is 1. The van der Waals surface area contributed by atoms with Gasteiger partial charge >= 0.3 is 0 Å². The minimum absolute atomic E-state index is 0.0434. The summed E-state index contributed by atoms with van der Waals surface area (Å²) < 4.78 is 34.9. The van der Waals surface area contributed by atoms with Gasteiger partial charge in [-0.1, -0.05) is 30.3 Å². The fraction of sp³-hybridized carbons (Fsp3) is 0.150. The van der Waals surface area contributed by atoms with Gasteiger partial charge in [0.15, 0.2) is 10.8 Å². The van der Waals surface area contributed by atoms with Crippen LogP contribution in [0.15, 0.2) is 59.9 Å². The molecule has 0 aliphatic carbocycles. The van der Waals surface area contributed by atoms with E-state index in [1.165, 1.54) is 24.1 Å². The van der Waals surface area contributed by atoms with Crippen molar-refractivity contribution < 1.29 is 13.2 Å². The van der Waals surface area contributed by atoms with Gasteiger partial charge in [-0.05, 0) is 24.6 Å². The summed E-state index contributed by atoms with van der Waals surface area (Å²) in [6.07, 6.45) is 2.70. The molecule has 2 aromatic heterocycles. The molecule has 0 unspecified atom stereocenters. The minimum Gasteiger partial charge on any atom is -0.494 e. The Balaban J connectivity index is 1.81. The molecular formula is C20H19N5O3S. The Morgan fingerprint density at radius 1 is 1.00 bits per heavy atom. The molecule has 8 nitrogen and oxygen atoms in total. The predicted octanol–water partition coefficient (Wildman–Crippen LogP) is 3.15. The maximum absolute atomic E-state index is 12.7. The van der Waals surface area contributed by atoms with Gasteiger partial charge in [-0.3, -0.25) is 4.72 Å². The van der Waals surface area contributed by atoms with Crippen LogP contribution in [-0.4, -0.2) is 35.0 Å². The van der Waals surface area contributed by atoms with Crippen molar-refractivity contribution in [2.75, 3.05) is 11.8 Å². The number of nitrogens with one attached hydrogen (secondary N) is 1. The number of imidazole rings is 1. The second-order valence-electron chi connectivity index (χ2n) is 6.44. The number of rotatable bonds is 5. The monoisotopic (exact) mass is 409 g/mol. The van der Waals surface area contributed by atoms with Gasteiger partial charge in [0.05, 0.1) is 19.5 Å². The quantitative estimate of drug-likeness (QED) is 0.544. The number of aryl methyl sites for hydroxylation is 1. The van der Waals surface area contributed by atoms with E-state index in [1.807, 2.05) is 36.4 Å². The van der Waals surface area contributed by atoms with Crippen LogP contribution in [0.3, 0.4) is 0 Å². The average Bonchev–Trinajstić information content (AvgIpc) is 3.07. The van der Waals surface area contributed by atoms with Gasteiger partial charge in [-0.15, -0.1) is 0 Å². The third kappa shape index (κ3) is 3.40. The van der Waals surface area contributed by atoms with Crippen LogP contribution in [0.2, 0.25) is 0 Å². The van der Waals surface area contributed by atoms with E-state index in [0.717, 1.165) is 11.1 Å². The number of benzene rings is 2. The van der Waals surface area contributed by atoms with Gasteiger partial charge < -0.3 is 9.30 Å². The first kappa shape index (κ1) is 18.9. The molecule has 148 valence electrons. The number of methoxy groups -OCH3 is 1. The van der Waals surface area contributed by atoms with Crippen LogP contribution in [-0.2, 0) is 17.1 Å². The van der Waals surface area contributed by atoms with E-state index in [0.29, 0.717) is 22.6 Å². The number of anilines is 1. The highest BCUT2D eigenvalue weighted by Gasteiger charge is 2.21. The Morgan fingerprint density at radius 2 is 1.76 bits per heavy atom. The van der Waals surface area contributed by atoms with E-state index in [9.17, 15) is 8.42 Å². The largest absolute Gasteiger partial charge is 0.494 e. The molecule has 0 spiro atoms. The standard InChI is InChI=1S/C20H19N5O3S/c1-13-21-12-18(25(13)2)29(26,27)24-17-11-22-19-15(14-7-5-4-6-8-14)9-10-16(28-3)20(19)23-17/h4-12H,1-3H3,(H,23,24). The van der Waals surface area contributed by atoms with Crippen molar-refractivity contribution in [1.29, 1.82) is 0 Å². The summed E-state index contributed by atoms with van der Waals surface area (Å²) in [7, 11) is -0.694. The molecule has 29 heavy (non-hydrogen) atoms. The molecule has 1 N–H and O–H groups in total. The number of fused-ring (bicyclic) bond motifs is 1. The summed E-state index contributed by atoms with van der Waals surface area (Å²) >= 11 is 0. The Hall–Kier alpha value is -3.46. The normalized spacial score (nSPS) is 11.6. The maximum atomic E-state index is 12.7. The lowest BCUT2D eigenvalue weighted by Gasteiger charge is -2.12. The highest BCUT2D eigenvalue weighted by Crippen LogP contribution is 2.32. The van der Waals surface area contributed by atoms with Crippen LogP contribution in [0.25, 0.3) is 22.2 Å². The van der Waals surface area contributed by atoms with Crippen molar-refractivity contribution in [3.05, 3.63) is 60.7 Å². The highest BCUT2D eigenvalue weighted by molar-refractivity contribution is 7.92. The van der Waals surface area contributed by atoms with Crippen LogP contribution < -0.4 is 9.46 Å². The molecule has 2 aromatic carbocycles. The molecule has 9 heteroatoms. The van der Waals surface area contributed by atoms with Crippen LogP contribution >= 0.6 is 0 Å². The van der Waals surface area contributed by atoms with Gasteiger partial charge in [0, 0.05) is 12.6 Å². The molecule has 4 rings (SSSR count). The van der Waals surface area contributed by atoms with Crippen molar-refractivity contribution in [2.24, 2.45) is 7.05 Å². The lowest BCUT2D eigenvalue weighted by molar-refractivity contribution is 0.419. The first-order valence-electron chi connectivity index (χ1n) is 8.81. The zero-order valence-corrected chi connectivity index (χ0v) is 16.9. The average molecular weight is 409 g/mol. The molecule has 0 atom stereocenters. The molecule has 4 aromatic rings. The lowest BCUT2D eigenvalue weighted by atomic mass is 10.0. The second kappa shape index (κ2) is 7.17. The molecule has 0 bridgehead atoms. The first-order chi connectivity index (χ1) is 13.9. The summed E-state index contributed by atoms with van der Waals surface area (Å²) in [5.41, 5.74) is 2.95. The number of nitrogens with zero attached hydrogens (tertiary/aromatic N) is 4. The van der Waals surface area contributed by atoms with Crippen molar-refractivity contribution in [3.63, 3.8) is 0 Å². The Labute approximate surface area is 168 Å². The van der Waals surface area contributed by atoms with E-state index < -0.39 is 10.0 Å². The van der Waals surface area contributed by atoms with Gasteiger partial charge in [0.1, 0.15) is 22.6 Å². The van der Waals surface area contributed by atoms with Gasteiger partial charge in [-0.25, -0.2) is 15.0 Å². The first-order valence-corrected chi connectivity index (χ1v) is 10.3. The summed E-state index contributed by atoms with van der Waals surface area (Å²) in [6, 6.07) is 13.5. The van der Waals surface area contributed by atoms with Crippen molar-refractivity contribution in [2.45, 2.75) is 11.9 Å². The van der Waals surface area contributed by atoms with Gasteiger partial charge in [0.25, 0.3) is 10.0 Å². The molecular weight excluding hydrogens is 390 g/mol. The smallest absolute Gasteiger partial charge is 0.280 e. The summed E-state index contributed by atoms with van der Waals surface area (Å²) in [5.74, 6) is 1.19. The Bertz CT molecular complexity index is 1300. The van der Waals surface area contributed by atoms with Crippen LogP contribution in [0.5, 0.6) is 5.75 Å². The van der Waals surface area contributed by atoms with E-state index in [-0.39, 0.29) is 10.8 Å². The number of hydrogen-bond acceptors (Lipinski definition) is 6. The van der Waals surface area contributed by atoms with Gasteiger partial charge in [0.2, 0.25) is 0 Å². The van der Waals surface area contributed by atoms with Crippen molar-refractivity contribution in [1.82, 2.24) is 19.5 Å². The maximum Gasteiger partial charge on any atom is 0.280 e. The minimum atomic E-state index is -3.87. The van der Waals surface area contributed by atoms with Crippen molar-refractivity contribution in [3.8, 4) is 16.9 Å². The van der Waals surface area contributed by atoms with E-state index in [2.05, 4.69) is 19.7 Å². The SMILES string of the molecule is COc1ccc(-c2ccccc2)c2ncc(NS(=O)(=O)c3cnc(C)n3C)nc12.